The monoisotopic (exact) mass is 421 g/mol. The lowest BCUT2D eigenvalue weighted by molar-refractivity contribution is -0.128. The minimum absolute atomic E-state index is 0.109. The van der Waals surface area contributed by atoms with Gasteiger partial charge in [-0.3, -0.25) is 20.4 Å². The summed E-state index contributed by atoms with van der Waals surface area (Å²) in [5, 5.41) is 5.09. The van der Waals surface area contributed by atoms with Crippen LogP contribution < -0.4 is 25.5 Å². The zero-order valence-corrected chi connectivity index (χ0v) is 17.3. The molecule has 0 fully saturated rings. The minimum Gasteiger partial charge on any atom is -0.496 e. The van der Waals surface area contributed by atoms with E-state index in [-0.39, 0.29) is 16.2 Å². The van der Waals surface area contributed by atoms with Gasteiger partial charge >= 0.3 is 0 Å². The largest absolute Gasteiger partial charge is 0.496 e. The van der Waals surface area contributed by atoms with Crippen LogP contribution in [-0.4, -0.2) is 33.4 Å². The molecule has 2 aromatic rings. The predicted molar refractivity (Wildman–Crippen MR) is 106 cm³/mol. The average molecular weight is 421 g/mol. The van der Waals surface area contributed by atoms with Crippen LogP contribution in [0, 0.1) is 13.8 Å². The number of nitrogens with one attached hydrogen (secondary N) is 2. The Morgan fingerprint density at radius 1 is 1.07 bits per heavy atom. The molecule has 1 unspecified atom stereocenters. The van der Waals surface area contributed by atoms with Crippen molar-refractivity contribution in [2.75, 3.05) is 7.11 Å². The van der Waals surface area contributed by atoms with Crippen molar-refractivity contribution in [3.05, 3.63) is 53.1 Å². The molecule has 0 aliphatic rings. The summed E-state index contributed by atoms with van der Waals surface area (Å²) in [6, 6.07) is 9.05. The van der Waals surface area contributed by atoms with Gasteiger partial charge in [0.2, 0.25) is 10.0 Å². The fourth-order valence-electron chi connectivity index (χ4n) is 2.42. The Kier molecular flexibility index (Phi) is 6.83. The number of hydrogen-bond donors (Lipinski definition) is 3. The van der Waals surface area contributed by atoms with Gasteiger partial charge in [0.25, 0.3) is 11.8 Å². The summed E-state index contributed by atoms with van der Waals surface area (Å²) >= 11 is 0. The number of primary sulfonamides is 1. The number of carbonyl (C=O) groups is 2. The number of benzene rings is 2. The molecule has 0 aliphatic carbocycles. The Labute approximate surface area is 169 Å². The van der Waals surface area contributed by atoms with E-state index in [4.69, 9.17) is 14.6 Å². The molecule has 0 saturated heterocycles. The number of hydrogen-bond acceptors (Lipinski definition) is 6. The first-order valence-electron chi connectivity index (χ1n) is 8.58. The second-order valence-electron chi connectivity index (χ2n) is 6.31. The first-order chi connectivity index (χ1) is 13.5. The maximum absolute atomic E-state index is 12.4. The van der Waals surface area contributed by atoms with E-state index < -0.39 is 27.9 Å². The molecule has 0 bridgehead atoms. The first-order valence-corrected chi connectivity index (χ1v) is 10.1. The van der Waals surface area contributed by atoms with Gasteiger partial charge in [0.1, 0.15) is 11.5 Å². The minimum atomic E-state index is -4.01. The van der Waals surface area contributed by atoms with Crippen molar-refractivity contribution in [2.45, 2.75) is 31.8 Å². The van der Waals surface area contributed by atoms with E-state index in [1.807, 2.05) is 26.0 Å². The van der Waals surface area contributed by atoms with Crippen molar-refractivity contribution in [2.24, 2.45) is 5.14 Å². The summed E-state index contributed by atoms with van der Waals surface area (Å²) < 4.78 is 33.7. The van der Waals surface area contributed by atoms with E-state index in [0.29, 0.717) is 5.75 Å². The maximum Gasteiger partial charge on any atom is 0.279 e. The molecule has 9 nitrogen and oxygen atoms in total. The normalized spacial score (nSPS) is 12.0. The van der Waals surface area contributed by atoms with Crippen LogP contribution in [0.5, 0.6) is 11.5 Å². The van der Waals surface area contributed by atoms with Gasteiger partial charge in [-0.1, -0.05) is 12.1 Å². The van der Waals surface area contributed by atoms with Crippen LogP contribution in [0.15, 0.2) is 41.3 Å². The number of aryl methyl sites for hydroxylation is 1. The van der Waals surface area contributed by atoms with Crippen molar-refractivity contribution in [1.82, 2.24) is 10.9 Å². The van der Waals surface area contributed by atoms with Gasteiger partial charge < -0.3 is 9.47 Å². The molecule has 0 heterocycles. The summed E-state index contributed by atoms with van der Waals surface area (Å²) in [5.74, 6) is -0.703. The summed E-state index contributed by atoms with van der Waals surface area (Å²) in [7, 11) is -2.69. The average Bonchev–Trinajstić information content (AvgIpc) is 2.67. The third-order valence-electron chi connectivity index (χ3n) is 4.27. The Morgan fingerprint density at radius 3 is 2.38 bits per heavy atom. The molecular formula is C19H23N3O6S. The van der Waals surface area contributed by atoms with Gasteiger partial charge in [0.05, 0.1) is 17.6 Å². The van der Waals surface area contributed by atoms with Gasteiger partial charge in [-0.15, -0.1) is 0 Å². The van der Waals surface area contributed by atoms with E-state index >= 15 is 0 Å². The highest BCUT2D eigenvalue weighted by Crippen LogP contribution is 2.22. The van der Waals surface area contributed by atoms with Crippen LogP contribution in [0.4, 0.5) is 0 Å². The summed E-state index contributed by atoms with van der Waals surface area (Å²) in [5.41, 5.74) is 6.27. The second kappa shape index (κ2) is 8.93. The van der Waals surface area contributed by atoms with Crippen molar-refractivity contribution in [3.8, 4) is 11.5 Å². The molecule has 4 N–H and O–H groups in total. The third kappa shape index (κ3) is 5.46. The zero-order valence-electron chi connectivity index (χ0n) is 16.5. The lowest BCUT2D eigenvalue weighted by Crippen LogP contribution is -2.47. The van der Waals surface area contributed by atoms with E-state index in [0.717, 1.165) is 17.2 Å². The van der Waals surface area contributed by atoms with Crippen LogP contribution in [0.3, 0.4) is 0 Å². The molecule has 0 spiro atoms. The molecule has 29 heavy (non-hydrogen) atoms. The number of hydrazine groups is 1. The van der Waals surface area contributed by atoms with Crippen molar-refractivity contribution >= 4 is 21.8 Å². The molecular weight excluding hydrogens is 398 g/mol. The Balaban J connectivity index is 2.08. The molecule has 2 amide bonds. The smallest absolute Gasteiger partial charge is 0.279 e. The fourth-order valence-corrected chi connectivity index (χ4v) is 2.96. The van der Waals surface area contributed by atoms with Gasteiger partial charge in [-0.05, 0) is 56.2 Å². The molecule has 0 aromatic heterocycles. The van der Waals surface area contributed by atoms with Crippen LogP contribution in [0.2, 0.25) is 0 Å². The highest BCUT2D eigenvalue weighted by atomic mass is 32.2. The van der Waals surface area contributed by atoms with E-state index in [2.05, 4.69) is 10.9 Å². The lowest BCUT2D eigenvalue weighted by Gasteiger charge is -2.17. The van der Waals surface area contributed by atoms with Crippen molar-refractivity contribution in [1.29, 1.82) is 0 Å². The number of carbonyl (C=O) groups excluding carboxylic acids is 2. The SMILES string of the molecule is COc1ccc(S(N)(=O)=O)cc1C(=O)NNC(=O)C(C)Oc1cccc(C)c1C. The van der Waals surface area contributed by atoms with Crippen LogP contribution in [0.25, 0.3) is 0 Å². The second-order valence-corrected chi connectivity index (χ2v) is 7.87. The van der Waals surface area contributed by atoms with Crippen LogP contribution in [0.1, 0.15) is 28.4 Å². The molecule has 2 aromatic carbocycles. The fraction of sp³-hybridized carbons (Fsp3) is 0.263. The van der Waals surface area contributed by atoms with Gasteiger partial charge in [0, 0.05) is 0 Å². The van der Waals surface area contributed by atoms with Crippen molar-refractivity contribution < 1.29 is 27.5 Å². The molecule has 0 radical (unpaired) electrons. The first kappa shape index (κ1) is 22.2. The Morgan fingerprint density at radius 2 is 1.76 bits per heavy atom. The molecule has 0 aliphatic heterocycles. The summed E-state index contributed by atoms with van der Waals surface area (Å²) in [6.07, 6.45) is -0.895. The number of ether oxygens (including phenoxy) is 2. The molecule has 0 saturated carbocycles. The topological polar surface area (TPSA) is 137 Å². The highest BCUT2D eigenvalue weighted by molar-refractivity contribution is 7.89. The summed E-state index contributed by atoms with van der Waals surface area (Å²) in [6.45, 7) is 5.34. The third-order valence-corrected chi connectivity index (χ3v) is 5.18. The predicted octanol–water partition coefficient (Wildman–Crippen LogP) is 1.19. The van der Waals surface area contributed by atoms with E-state index in [1.54, 1.807) is 6.07 Å². The van der Waals surface area contributed by atoms with Gasteiger partial charge in [-0.25, -0.2) is 13.6 Å². The number of methoxy groups -OCH3 is 1. The molecule has 10 heteroatoms. The maximum atomic E-state index is 12.4. The highest BCUT2D eigenvalue weighted by Gasteiger charge is 2.20. The van der Waals surface area contributed by atoms with E-state index in [9.17, 15) is 18.0 Å². The number of sulfonamides is 1. The Hall–Kier alpha value is -3.11. The Bertz CT molecular complexity index is 1040. The number of rotatable bonds is 6. The molecule has 156 valence electrons. The van der Waals surface area contributed by atoms with Gasteiger partial charge in [-0.2, -0.15) is 0 Å². The zero-order chi connectivity index (χ0) is 21.8. The lowest BCUT2D eigenvalue weighted by atomic mass is 10.1. The van der Waals surface area contributed by atoms with Crippen molar-refractivity contribution in [3.63, 3.8) is 0 Å². The summed E-state index contributed by atoms with van der Waals surface area (Å²) in [4.78, 5) is 24.4. The number of amides is 2. The number of nitrogens with two attached hydrogens (primary N) is 1. The quantitative estimate of drug-likeness (QED) is 0.599. The van der Waals surface area contributed by atoms with Crippen LogP contribution in [-0.2, 0) is 14.8 Å². The molecule has 2 rings (SSSR count). The van der Waals surface area contributed by atoms with Crippen LogP contribution >= 0.6 is 0 Å². The van der Waals surface area contributed by atoms with Gasteiger partial charge in [0.15, 0.2) is 6.10 Å². The standard InChI is InChI=1S/C19H23N3O6S/c1-11-6-5-7-16(12(11)2)28-13(3)18(23)21-22-19(24)15-10-14(29(20,25)26)8-9-17(15)27-4/h5-10,13H,1-4H3,(H,21,23)(H,22,24)(H2,20,25,26). The van der Waals surface area contributed by atoms with E-state index in [1.165, 1.54) is 26.2 Å². The molecule has 1 atom stereocenters.